The standard InChI is InChI=1S/C21H20ClN3O2/c1-4-9-25(21(26)17-11-14(2)10-15(3)12-17)13-19-23-20(24-27-19)16-5-7-18(22)8-6-16/h4-8,10-12H,1,9,13H2,2-3H3. The van der Waals surface area contributed by atoms with Crippen LogP contribution < -0.4 is 0 Å². The molecule has 1 amide bonds. The van der Waals surface area contributed by atoms with Crippen molar-refractivity contribution < 1.29 is 9.32 Å². The number of carbonyl (C=O) groups excluding carboxylic acids is 1. The number of amides is 1. The van der Waals surface area contributed by atoms with Gasteiger partial charge in [-0.2, -0.15) is 4.98 Å². The summed E-state index contributed by atoms with van der Waals surface area (Å²) in [6.45, 7) is 8.27. The van der Waals surface area contributed by atoms with Gasteiger partial charge in [-0.1, -0.05) is 40.0 Å². The maximum Gasteiger partial charge on any atom is 0.254 e. The number of benzene rings is 2. The van der Waals surface area contributed by atoms with Gasteiger partial charge in [-0.3, -0.25) is 4.79 Å². The fourth-order valence-corrected chi connectivity index (χ4v) is 2.98. The van der Waals surface area contributed by atoms with E-state index in [0.29, 0.717) is 28.8 Å². The highest BCUT2D eigenvalue weighted by Crippen LogP contribution is 2.20. The van der Waals surface area contributed by atoms with Gasteiger partial charge in [0.2, 0.25) is 11.7 Å². The Kier molecular flexibility index (Phi) is 5.72. The van der Waals surface area contributed by atoms with Crippen LogP contribution in [0, 0.1) is 13.8 Å². The number of carbonyl (C=O) groups is 1. The SMILES string of the molecule is C=CCN(Cc1nc(-c2ccc(Cl)cc2)no1)C(=O)c1cc(C)cc(C)c1. The first-order valence-electron chi connectivity index (χ1n) is 8.53. The van der Waals surface area contributed by atoms with E-state index < -0.39 is 0 Å². The summed E-state index contributed by atoms with van der Waals surface area (Å²) in [5.41, 5.74) is 3.51. The molecule has 0 aliphatic carbocycles. The second-order valence-electron chi connectivity index (χ2n) is 6.37. The molecule has 0 spiro atoms. The van der Waals surface area contributed by atoms with Crippen molar-refractivity contribution in [1.29, 1.82) is 0 Å². The van der Waals surface area contributed by atoms with Crippen LogP contribution in [0.3, 0.4) is 0 Å². The summed E-state index contributed by atoms with van der Waals surface area (Å²) < 4.78 is 5.34. The van der Waals surface area contributed by atoms with Crippen LogP contribution in [0.5, 0.6) is 0 Å². The van der Waals surface area contributed by atoms with E-state index in [1.165, 1.54) is 0 Å². The van der Waals surface area contributed by atoms with Crippen molar-refractivity contribution in [1.82, 2.24) is 15.0 Å². The number of aromatic nitrogens is 2. The van der Waals surface area contributed by atoms with Crippen LogP contribution in [-0.2, 0) is 6.54 Å². The third-order valence-corrected chi connectivity index (χ3v) is 4.25. The summed E-state index contributed by atoms with van der Waals surface area (Å²) in [5, 5.41) is 4.63. The van der Waals surface area contributed by atoms with Crippen LogP contribution in [0.25, 0.3) is 11.4 Å². The molecule has 0 N–H and O–H groups in total. The summed E-state index contributed by atoms with van der Waals surface area (Å²) >= 11 is 5.91. The molecule has 0 fully saturated rings. The van der Waals surface area contributed by atoms with E-state index in [1.807, 2.05) is 44.2 Å². The number of hydrogen-bond donors (Lipinski definition) is 0. The maximum absolute atomic E-state index is 12.9. The second-order valence-corrected chi connectivity index (χ2v) is 6.81. The van der Waals surface area contributed by atoms with Gasteiger partial charge < -0.3 is 9.42 Å². The Balaban J connectivity index is 1.81. The minimum Gasteiger partial charge on any atom is -0.337 e. The van der Waals surface area contributed by atoms with Gasteiger partial charge in [-0.15, -0.1) is 6.58 Å². The Morgan fingerprint density at radius 3 is 2.48 bits per heavy atom. The molecule has 0 unspecified atom stereocenters. The van der Waals surface area contributed by atoms with Gasteiger partial charge in [-0.25, -0.2) is 0 Å². The molecule has 0 radical (unpaired) electrons. The number of hydrogen-bond acceptors (Lipinski definition) is 4. The first-order valence-corrected chi connectivity index (χ1v) is 8.91. The van der Waals surface area contributed by atoms with Gasteiger partial charge in [-0.05, 0) is 50.2 Å². The summed E-state index contributed by atoms with van der Waals surface area (Å²) in [7, 11) is 0. The Hall–Kier alpha value is -2.92. The summed E-state index contributed by atoms with van der Waals surface area (Å²) in [5.74, 6) is 0.714. The van der Waals surface area contributed by atoms with Gasteiger partial charge in [0.15, 0.2) is 0 Å². The van der Waals surface area contributed by atoms with E-state index in [4.69, 9.17) is 16.1 Å². The average molecular weight is 382 g/mol. The lowest BCUT2D eigenvalue weighted by molar-refractivity contribution is 0.0745. The molecule has 0 saturated heterocycles. The van der Waals surface area contributed by atoms with E-state index in [-0.39, 0.29) is 12.5 Å². The molecule has 3 aromatic rings. The molecular weight excluding hydrogens is 362 g/mol. The van der Waals surface area contributed by atoms with Crippen LogP contribution in [-0.4, -0.2) is 27.5 Å². The van der Waals surface area contributed by atoms with Crippen molar-refractivity contribution in [3.05, 3.63) is 82.7 Å². The number of aryl methyl sites for hydroxylation is 2. The highest BCUT2D eigenvalue weighted by atomic mass is 35.5. The van der Waals surface area contributed by atoms with Crippen molar-refractivity contribution in [2.24, 2.45) is 0 Å². The van der Waals surface area contributed by atoms with E-state index in [0.717, 1.165) is 16.7 Å². The first kappa shape index (κ1) is 18.9. The molecule has 0 saturated carbocycles. The molecule has 3 rings (SSSR count). The highest BCUT2D eigenvalue weighted by molar-refractivity contribution is 6.30. The molecule has 138 valence electrons. The molecule has 0 atom stereocenters. The summed E-state index contributed by atoms with van der Waals surface area (Å²) in [4.78, 5) is 19.0. The average Bonchev–Trinajstić information content (AvgIpc) is 3.09. The van der Waals surface area contributed by atoms with Crippen molar-refractivity contribution in [3.8, 4) is 11.4 Å². The zero-order valence-electron chi connectivity index (χ0n) is 15.3. The highest BCUT2D eigenvalue weighted by Gasteiger charge is 2.19. The van der Waals surface area contributed by atoms with E-state index in [1.54, 1.807) is 23.1 Å². The zero-order chi connectivity index (χ0) is 19.4. The molecule has 1 aromatic heterocycles. The van der Waals surface area contributed by atoms with Crippen molar-refractivity contribution in [2.75, 3.05) is 6.54 Å². The lowest BCUT2D eigenvalue weighted by atomic mass is 10.1. The van der Waals surface area contributed by atoms with Gasteiger partial charge in [0.05, 0.1) is 0 Å². The molecule has 0 aliphatic heterocycles. The molecule has 27 heavy (non-hydrogen) atoms. The minimum atomic E-state index is -0.104. The fraction of sp³-hybridized carbons (Fsp3) is 0.190. The van der Waals surface area contributed by atoms with Crippen LogP contribution in [0.15, 0.2) is 59.6 Å². The Labute approximate surface area is 163 Å². The maximum atomic E-state index is 12.9. The normalized spacial score (nSPS) is 10.6. The largest absolute Gasteiger partial charge is 0.337 e. The Morgan fingerprint density at radius 2 is 1.85 bits per heavy atom. The van der Waals surface area contributed by atoms with E-state index in [2.05, 4.69) is 16.7 Å². The number of halogens is 1. The van der Waals surface area contributed by atoms with Gasteiger partial charge in [0.1, 0.15) is 6.54 Å². The predicted octanol–water partition coefficient (Wildman–Crippen LogP) is 4.84. The third kappa shape index (κ3) is 4.63. The van der Waals surface area contributed by atoms with Crippen LogP contribution in [0.1, 0.15) is 27.4 Å². The molecule has 0 bridgehead atoms. The lowest BCUT2D eigenvalue weighted by Crippen LogP contribution is -2.31. The topological polar surface area (TPSA) is 59.2 Å². The van der Waals surface area contributed by atoms with Crippen molar-refractivity contribution in [3.63, 3.8) is 0 Å². The van der Waals surface area contributed by atoms with E-state index >= 15 is 0 Å². The molecule has 0 aliphatic rings. The van der Waals surface area contributed by atoms with Crippen LogP contribution in [0.4, 0.5) is 0 Å². The molecule has 6 heteroatoms. The Bertz CT molecular complexity index is 944. The molecule has 5 nitrogen and oxygen atoms in total. The minimum absolute atomic E-state index is 0.104. The lowest BCUT2D eigenvalue weighted by Gasteiger charge is -2.19. The van der Waals surface area contributed by atoms with Gasteiger partial charge in [0, 0.05) is 22.7 Å². The van der Waals surface area contributed by atoms with Crippen molar-refractivity contribution in [2.45, 2.75) is 20.4 Å². The van der Waals surface area contributed by atoms with Crippen LogP contribution in [0.2, 0.25) is 5.02 Å². The summed E-state index contributed by atoms with van der Waals surface area (Å²) in [6, 6.07) is 12.9. The second kappa shape index (κ2) is 8.18. The van der Waals surface area contributed by atoms with Crippen LogP contribution >= 0.6 is 11.6 Å². The van der Waals surface area contributed by atoms with Gasteiger partial charge in [0.25, 0.3) is 5.91 Å². The monoisotopic (exact) mass is 381 g/mol. The fourth-order valence-electron chi connectivity index (χ4n) is 2.85. The molecular formula is C21H20ClN3O2. The summed E-state index contributed by atoms with van der Waals surface area (Å²) in [6.07, 6.45) is 1.68. The smallest absolute Gasteiger partial charge is 0.254 e. The quantitative estimate of drug-likeness (QED) is 0.573. The van der Waals surface area contributed by atoms with Crippen molar-refractivity contribution >= 4 is 17.5 Å². The number of nitrogens with zero attached hydrogens (tertiary/aromatic N) is 3. The molecule has 1 heterocycles. The van der Waals surface area contributed by atoms with E-state index in [9.17, 15) is 4.79 Å². The zero-order valence-corrected chi connectivity index (χ0v) is 16.0. The third-order valence-electron chi connectivity index (χ3n) is 4.00. The predicted molar refractivity (Wildman–Crippen MR) is 106 cm³/mol. The first-order chi connectivity index (χ1) is 13.0. The number of rotatable bonds is 6. The van der Waals surface area contributed by atoms with Gasteiger partial charge >= 0.3 is 0 Å². The Morgan fingerprint density at radius 1 is 1.19 bits per heavy atom. The molecule has 2 aromatic carbocycles.